The van der Waals surface area contributed by atoms with E-state index in [0.717, 1.165) is 161 Å². The fraction of sp³-hybridized carbons (Fsp3) is 0. The van der Waals surface area contributed by atoms with Gasteiger partial charge in [-0.25, -0.2) is 9.97 Å². The molecular formula is C100H62N8. The van der Waals surface area contributed by atoms with Crippen LogP contribution in [-0.2, 0) is 0 Å². The summed E-state index contributed by atoms with van der Waals surface area (Å²) in [5, 5.41) is 14.2. The molecular weight excluding hydrogens is 1310 g/mol. The van der Waals surface area contributed by atoms with Crippen molar-refractivity contribution in [3.8, 4) is 79.2 Å². The standard InChI is InChI=1S/C100H62N8/c1-3-26-63(27-4-1)83-62-84(64-28-5-2-6-29-64)102-100(101-83)78-39-25-49-98(108-96-56-52-67(105-89-44-20-11-34-73(89)74-35-12-21-45-90(74)105)60-81(96)82-61-68(53-57-97(82)108)106-91-46-22-13-36-75(91)76-37-14-23-47-92(76)106)99(78)77-38-15-24-48-93(77)107-94-54-50-65(103-85-40-16-7-30-69(85)70-31-8-17-41-86(70)103)58-79(94)80-59-66(51-55-95(80)107)104-87-42-18-9-32-71(87)72-33-10-19-43-88(72)104/h1-62H. The Hall–Kier alpha value is -14.6. The van der Waals surface area contributed by atoms with Gasteiger partial charge in [-0.15, -0.1) is 0 Å². The summed E-state index contributed by atoms with van der Waals surface area (Å²) in [6, 6.07) is 138. The summed E-state index contributed by atoms with van der Waals surface area (Å²) in [7, 11) is 0. The minimum atomic E-state index is 0.610. The van der Waals surface area contributed by atoms with Gasteiger partial charge in [0.2, 0.25) is 0 Å². The topological polar surface area (TPSA) is 55.4 Å². The number of fused-ring (bicyclic) bond motifs is 18. The molecule has 8 nitrogen and oxygen atoms in total. The molecule has 23 aromatic rings. The molecule has 7 aromatic heterocycles. The van der Waals surface area contributed by atoms with Crippen LogP contribution in [0.25, 0.3) is 210 Å². The Labute approximate surface area is 619 Å². The molecule has 0 radical (unpaired) electrons. The van der Waals surface area contributed by atoms with Crippen molar-refractivity contribution < 1.29 is 0 Å². The largest absolute Gasteiger partial charge is 0.309 e. The van der Waals surface area contributed by atoms with Crippen LogP contribution in [0.4, 0.5) is 0 Å². The Morgan fingerprint density at radius 3 is 0.741 bits per heavy atom. The quantitative estimate of drug-likeness (QED) is 0.137. The van der Waals surface area contributed by atoms with E-state index in [1.807, 2.05) is 0 Å². The van der Waals surface area contributed by atoms with Crippen LogP contribution in [0.1, 0.15) is 0 Å². The van der Waals surface area contributed by atoms with Gasteiger partial charge in [-0.1, -0.05) is 237 Å². The van der Waals surface area contributed by atoms with Gasteiger partial charge in [-0.05, 0) is 140 Å². The molecule has 0 atom stereocenters. The molecule has 0 N–H and O–H groups in total. The number of hydrogen-bond donors (Lipinski definition) is 0. The van der Waals surface area contributed by atoms with Crippen LogP contribution in [0.5, 0.6) is 0 Å². The molecule has 7 heterocycles. The van der Waals surface area contributed by atoms with E-state index >= 15 is 0 Å². The summed E-state index contributed by atoms with van der Waals surface area (Å²) in [6.07, 6.45) is 0. The van der Waals surface area contributed by atoms with Crippen molar-refractivity contribution in [1.29, 1.82) is 0 Å². The number of benzene rings is 16. The Morgan fingerprint density at radius 1 is 0.167 bits per heavy atom. The third-order valence-electron chi connectivity index (χ3n) is 22.6. The Kier molecular flexibility index (Phi) is 13.0. The van der Waals surface area contributed by atoms with Crippen LogP contribution in [-0.4, -0.2) is 37.4 Å². The van der Waals surface area contributed by atoms with Crippen LogP contribution in [0.15, 0.2) is 376 Å². The van der Waals surface area contributed by atoms with Crippen LogP contribution >= 0.6 is 0 Å². The zero-order valence-electron chi connectivity index (χ0n) is 58.4. The average Bonchev–Trinajstić information content (AvgIpc) is 1.53. The molecule has 0 saturated heterocycles. The SMILES string of the molecule is c1ccc(-c2cc(-c3ccccc3)nc(-c3cccc(-n4c5ccc(-n6c7ccccc7c7ccccc76)cc5c5cc(-n6c7ccccc7c7ccccc76)ccc54)c3-c3ccccc3-n3c4ccc(-n5c6ccccc6c6ccccc65)cc4c4cc(-n5c6ccccc6c6ccccc65)ccc43)n2)cc1. The van der Waals surface area contributed by atoms with Crippen LogP contribution in [0, 0.1) is 0 Å². The number of rotatable bonds is 10. The first-order chi connectivity index (χ1) is 53.6. The van der Waals surface area contributed by atoms with E-state index in [-0.39, 0.29) is 0 Å². The summed E-state index contributed by atoms with van der Waals surface area (Å²) in [4.78, 5) is 11.4. The van der Waals surface area contributed by atoms with Gasteiger partial charge in [0.15, 0.2) is 5.82 Å². The second kappa shape index (κ2) is 23.5. The van der Waals surface area contributed by atoms with Crippen LogP contribution < -0.4 is 0 Å². The van der Waals surface area contributed by atoms with E-state index in [9.17, 15) is 0 Å². The van der Waals surface area contributed by atoms with Gasteiger partial charge in [-0.3, -0.25) is 0 Å². The van der Waals surface area contributed by atoms with E-state index in [1.54, 1.807) is 0 Å². The summed E-state index contributed by atoms with van der Waals surface area (Å²) >= 11 is 0. The van der Waals surface area contributed by atoms with Crippen molar-refractivity contribution in [3.05, 3.63) is 376 Å². The van der Waals surface area contributed by atoms with E-state index < -0.39 is 0 Å². The molecule has 0 aliphatic heterocycles. The number of aromatic nitrogens is 8. The van der Waals surface area contributed by atoms with Gasteiger partial charge in [-0.2, -0.15) is 0 Å². The fourth-order valence-electron chi connectivity index (χ4n) is 18.0. The average molecular weight is 1380 g/mol. The van der Waals surface area contributed by atoms with Gasteiger partial charge in [0.25, 0.3) is 0 Å². The van der Waals surface area contributed by atoms with Crippen LogP contribution in [0.2, 0.25) is 0 Å². The molecule has 0 bridgehead atoms. The highest BCUT2D eigenvalue weighted by Gasteiger charge is 2.28. The maximum absolute atomic E-state index is 5.72. The fourth-order valence-corrected chi connectivity index (χ4v) is 18.0. The zero-order chi connectivity index (χ0) is 70.7. The molecule has 23 rings (SSSR count). The molecule has 0 saturated carbocycles. The summed E-state index contributed by atoms with van der Waals surface area (Å²) in [5.74, 6) is 0.610. The minimum Gasteiger partial charge on any atom is -0.309 e. The Bertz CT molecular complexity index is 7070. The molecule has 0 spiro atoms. The lowest BCUT2D eigenvalue weighted by Crippen LogP contribution is -2.05. The predicted molar refractivity (Wildman–Crippen MR) is 450 cm³/mol. The summed E-state index contributed by atoms with van der Waals surface area (Å²) < 4.78 is 14.8. The maximum Gasteiger partial charge on any atom is 0.161 e. The van der Waals surface area contributed by atoms with Crippen LogP contribution in [0.3, 0.4) is 0 Å². The highest BCUT2D eigenvalue weighted by Crippen LogP contribution is 2.48. The smallest absolute Gasteiger partial charge is 0.161 e. The molecule has 16 aromatic carbocycles. The third kappa shape index (κ3) is 8.86. The van der Waals surface area contributed by atoms with Gasteiger partial charge >= 0.3 is 0 Å². The van der Waals surface area contributed by atoms with Crippen molar-refractivity contribution in [2.24, 2.45) is 0 Å². The van der Waals surface area contributed by atoms with E-state index in [4.69, 9.17) is 9.97 Å². The van der Waals surface area contributed by atoms with E-state index in [2.05, 4.69) is 404 Å². The van der Waals surface area contributed by atoms with E-state index in [0.29, 0.717) is 5.82 Å². The van der Waals surface area contributed by atoms with Crippen molar-refractivity contribution in [1.82, 2.24) is 37.4 Å². The first-order valence-corrected chi connectivity index (χ1v) is 37.0. The monoisotopic (exact) mass is 1370 g/mol. The highest BCUT2D eigenvalue weighted by atomic mass is 15.0. The first-order valence-electron chi connectivity index (χ1n) is 37.0. The minimum absolute atomic E-state index is 0.610. The molecule has 0 aliphatic carbocycles. The van der Waals surface area contributed by atoms with Crippen molar-refractivity contribution >= 4 is 131 Å². The van der Waals surface area contributed by atoms with Crippen molar-refractivity contribution in [3.63, 3.8) is 0 Å². The first kappa shape index (κ1) is 59.9. The van der Waals surface area contributed by atoms with Crippen molar-refractivity contribution in [2.45, 2.75) is 0 Å². The van der Waals surface area contributed by atoms with Gasteiger partial charge in [0.1, 0.15) is 0 Å². The maximum atomic E-state index is 5.72. The second-order valence-corrected chi connectivity index (χ2v) is 28.4. The third-order valence-corrected chi connectivity index (χ3v) is 22.6. The number of para-hydroxylation sites is 9. The molecule has 0 amide bonds. The molecule has 502 valence electrons. The lowest BCUT2D eigenvalue weighted by atomic mass is 9.94. The second-order valence-electron chi connectivity index (χ2n) is 28.4. The molecule has 8 heteroatoms. The highest BCUT2D eigenvalue weighted by molar-refractivity contribution is 6.18. The zero-order valence-corrected chi connectivity index (χ0v) is 58.4. The molecule has 0 aliphatic rings. The lowest BCUT2D eigenvalue weighted by Gasteiger charge is -2.22. The Morgan fingerprint density at radius 2 is 0.417 bits per heavy atom. The molecule has 0 fully saturated rings. The van der Waals surface area contributed by atoms with E-state index in [1.165, 1.54) is 43.1 Å². The van der Waals surface area contributed by atoms with Gasteiger partial charge in [0, 0.05) is 115 Å². The van der Waals surface area contributed by atoms with Gasteiger partial charge in [0.05, 0.1) is 89.0 Å². The normalized spacial score (nSPS) is 12.1. The number of hydrogen-bond acceptors (Lipinski definition) is 2. The van der Waals surface area contributed by atoms with Gasteiger partial charge < -0.3 is 27.4 Å². The molecule has 108 heavy (non-hydrogen) atoms. The molecule has 0 unspecified atom stereocenters. The van der Waals surface area contributed by atoms with Crippen molar-refractivity contribution in [2.75, 3.05) is 0 Å². The lowest BCUT2D eigenvalue weighted by molar-refractivity contribution is 1.14. The number of nitrogens with zero attached hydrogens (tertiary/aromatic N) is 8. The predicted octanol–water partition coefficient (Wildman–Crippen LogP) is 25.7. The summed E-state index contributed by atoms with van der Waals surface area (Å²) in [6.45, 7) is 0. The Balaban J connectivity index is 0.831. The summed E-state index contributed by atoms with van der Waals surface area (Å²) in [5.41, 5.74) is 26.4.